The smallest absolute Gasteiger partial charge is 0.170 e. The van der Waals surface area contributed by atoms with Gasteiger partial charge in [-0.2, -0.15) is 0 Å². The summed E-state index contributed by atoms with van der Waals surface area (Å²) in [6.07, 6.45) is 3.90. The van der Waals surface area contributed by atoms with Crippen LogP contribution in [-0.2, 0) is 6.54 Å². The van der Waals surface area contributed by atoms with Gasteiger partial charge in [0.25, 0.3) is 0 Å². The van der Waals surface area contributed by atoms with E-state index in [1.807, 2.05) is 25.3 Å². The van der Waals surface area contributed by atoms with Crippen LogP contribution in [0.3, 0.4) is 0 Å². The standard InChI is InChI=1S/C19H24N2O3S/c1-13-20-10-16(25-13)12-21-8-4-5-14(11-21)19(22)17-7-6-15(23-2)9-18(17)24-3/h6-7,9-10,14H,4-5,8,11-12H2,1-3H3/t14-/m1/s1. The zero-order valence-corrected chi connectivity index (χ0v) is 15.8. The largest absolute Gasteiger partial charge is 0.497 e. The third-order valence-corrected chi connectivity index (χ3v) is 5.50. The Labute approximate surface area is 152 Å². The molecule has 1 fully saturated rings. The first-order valence-electron chi connectivity index (χ1n) is 8.50. The van der Waals surface area contributed by atoms with E-state index in [0.29, 0.717) is 17.1 Å². The van der Waals surface area contributed by atoms with E-state index >= 15 is 0 Å². The van der Waals surface area contributed by atoms with E-state index < -0.39 is 0 Å². The monoisotopic (exact) mass is 360 g/mol. The molecule has 0 amide bonds. The molecule has 0 spiro atoms. The highest BCUT2D eigenvalue weighted by molar-refractivity contribution is 7.11. The van der Waals surface area contributed by atoms with E-state index in [4.69, 9.17) is 9.47 Å². The summed E-state index contributed by atoms with van der Waals surface area (Å²) in [5.41, 5.74) is 0.642. The van der Waals surface area contributed by atoms with Crippen LogP contribution in [0.1, 0.15) is 33.1 Å². The van der Waals surface area contributed by atoms with Gasteiger partial charge in [0.1, 0.15) is 11.5 Å². The van der Waals surface area contributed by atoms with Crippen LogP contribution in [-0.4, -0.2) is 43.0 Å². The molecule has 1 saturated heterocycles. The third-order valence-electron chi connectivity index (χ3n) is 4.60. The maximum absolute atomic E-state index is 13.0. The van der Waals surface area contributed by atoms with Crippen molar-refractivity contribution in [1.29, 1.82) is 0 Å². The molecule has 2 heterocycles. The predicted octanol–water partition coefficient (Wildman–Crippen LogP) is 3.56. The Morgan fingerprint density at radius 3 is 2.88 bits per heavy atom. The zero-order valence-electron chi connectivity index (χ0n) is 14.9. The van der Waals surface area contributed by atoms with Gasteiger partial charge in [0.15, 0.2) is 5.78 Å². The maximum Gasteiger partial charge on any atom is 0.170 e. The second kappa shape index (κ2) is 7.97. The number of Topliss-reactive ketones (excluding diaryl/α,β-unsaturated/α-hetero) is 1. The van der Waals surface area contributed by atoms with Gasteiger partial charge in [-0.05, 0) is 38.4 Å². The van der Waals surface area contributed by atoms with Crippen LogP contribution in [0.5, 0.6) is 11.5 Å². The number of benzene rings is 1. The van der Waals surface area contributed by atoms with E-state index in [1.54, 1.807) is 31.6 Å². The van der Waals surface area contributed by atoms with Gasteiger partial charge in [0.2, 0.25) is 0 Å². The van der Waals surface area contributed by atoms with Gasteiger partial charge in [-0.1, -0.05) is 0 Å². The average molecular weight is 360 g/mol. The lowest BCUT2D eigenvalue weighted by Gasteiger charge is -2.31. The number of ketones is 1. The number of carbonyl (C=O) groups excluding carboxylic acids is 1. The molecule has 0 radical (unpaired) electrons. The Kier molecular flexibility index (Phi) is 5.71. The number of aryl methyl sites for hydroxylation is 1. The van der Waals surface area contributed by atoms with Crippen LogP contribution >= 0.6 is 11.3 Å². The highest BCUT2D eigenvalue weighted by Gasteiger charge is 2.28. The number of ether oxygens (including phenoxy) is 2. The molecule has 5 nitrogen and oxygen atoms in total. The van der Waals surface area contributed by atoms with Crippen LogP contribution in [0, 0.1) is 12.8 Å². The molecule has 0 aliphatic carbocycles. The molecule has 25 heavy (non-hydrogen) atoms. The number of nitrogens with zero attached hydrogens (tertiary/aromatic N) is 2. The number of hydrogen-bond acceptors (Lipinski definition) is 6. The Morgan fingerprint density at radius 2 is 2.20 bits per heavy atom. The molecule has 1 aliphatic heterocycles. The topological polar surface area (TPSA) is 51.7 Å². The fourth-order valence-electron chi connectivity index (χ4n) is 3.33. The summed E-state index contributed by atoms with van der Waals surface area (Å²) in [6.45, 7) is 4.70. The van der Waals surface area contributed by atoms with Crippen LogP contribution in [0.25, 0.3) is 0 Å². The van der Waals surface area contributed by atoms with E-state index in [0.717, 1.165) is 37.5 Å². The van der Waals surface area contributed by atoms with Crippen molar-refractivity contribution in [2.75, 3.05) is 27.3 Å². The maximum atomic E-state index is 13.0. The molecule has 0 saturated carbocycles. The summed E-state index contributed by atoms with van der Waals surface area (Å²) in [5.74, 6) is 1.44. The zero-order chi connectivity index (χ0) is 17.8. The molecule has 2 aromatic rings. The van der Waals surface area contributed by atoms with Gasteiger partial charge < -0.3 is 9.47 Å². The number of carbonyl (C=O) groups is 1. The first-order valence-corrected chi connectivity index (χ1v) is 9.32. The predicted molar refractivity (Wildman–Crippen MR) is 98.7 cm³/mol. The number of methoxy groups -OCH3 is 2. The second-order valence-corrected chi connectivity index (χ2v) is 7.67. The highest BCUT2D eigenvalue weighted by atomic mass is 32.1. The number of aromatic nitrogens is 1. The molecule has 0 bridgehead atoms. The van der Waals surface area contributed by atoms with Crippen molar-refractivity contribution in [3.05, 3.63) is 39.8 Å². The molecule has 1 aromatic heterocycles. The quantitative estimate of drug-likeness (QED) is 0.737. The van der Waals surface area contributed by atoms with Gasteiger partial charge in [-0.25, -0.2) is 4.98 Å². The van der Waals surface area contributed by atoms with Gasteiger partial charge >= 0.3 is 0 Å². The normalized spacial score (nSPS) is 18.1. The molecule has 1 atom stereocenters. The van der Waals surface area contributed by atoms with Gasteiger partial charge in [0, 0.05) is 36.1 Å². The summed E-state index contributed by atoms with van der Waals surface area (Å²) in [4.78, 5) is 21.0. The van der Waals surface area contributed by atoms with E-state index in [-0.39, 0.29) is 11.7 Å². The number of rotatable bonds is 6. The first kappa shape index (κ1) is 17.9. The molecule has 0 N–H and O–H groups in total. The van der Waals surface area contributed by atoms with Gasteiger partial charge in [0.05, 0.1) is 24.8 Å². The van der Waals surface area contributed by atoms with Crippen LogP contribution in [0.2, 0.25) is 0 Å². The van der Waals surface area contributed by atoms with Crippen molar-refractivity contribution >= 4 is 17.1 Å². The molecule has 3 rings (SSSR count). The average Bonchev–Trinajstić information content (AvgIpc) is 3.05. The van der Waals surface area contributed by atoms with Crippen LogP contribution in [0.4, 0.5) is 0 Å². The Bertz CT molecular complexity index is 744. The lowest BCUT2D eigenvalue weighted by Crippen LogP contribution is -2.38. The summed E-state index contributed by atoms with van der Waals surface area (Å²) in [7, 11) is 3.20. The summed E-state index contributed by atoms with van der Waals surface area (Å²) in [6, 6.07) is 5.40. The van der Waals surface area contributed by atoms with Crippen molar-refractivity contribution in [2.24, 2.45) is 5.92 Å². The molecular formula is C19H24N2O3S. The third kappa shape index (κ3) is 4.19. The minimum absolute atomic E-state index is 0.00469. The molecule has 6 heteroatoms. The highest BCUT2D eigenvalue weighted by Crippen LogP contribution is 2.30. The lowest BCUT2D eigenvalue weighted by molar-refractivity contribution is 0.0809. The van der Waals surface area contributed by atoms with Crippen LogP contribution < -0.4 is 9.47 Å². The van der Waals surface area contributed by atoms with Crippen molar-refractivity contribution in [3.63, 3.8) is 0 Å². The van der Waals surface area contributed by atoms with Gasteiger partial charge in [-0.15, -0.1) is 11.3 Å². The Hall–Kier alpha value is -1.92. The number of hydrogen-bond donors (Lipinski definition) is 0. The van der Waals surface area contributed by atoms with E-state index in [2.05, 4.69) is 9.88 Å². The van der Waals surface area contributed by atoms with Crippen molar-refractivity contribution in [2.45, 2.75) is 26.3 Å². The SMILES string of the molecule is COc1ccc(C(=O)[C@@H]2CCCN(Cc3cnc(C)s3)C2)c(OC)c1. The molecule has 134 valence electrons. The summed E-state index contributed by atoms with van der Waals surface area (Å²) >= 11 is 1.73. The minimum Gasteiger partial charge on any atom is -0.497 e. The number of piperidine rings is 1. The van der Waals surface area contributed by atoms with Crippen LogP contribution in [0.15, 0.2) is 24.4 Å². The van der Waals surface area contributed by atoms with Gasteiger partial charge in [-0.3, -0.25) is 9.69 Å². The lowest BCUT2D eigenvalue weighted by atomic mass is 9.89. The summed E-state index contributed by atoms with van der Waals surface area (Å²) in [5, 5.41) is 1.09. The second-order valence-electron chi connectivity index (χ2n) is 6.35. The molecule has 1 aliphatic rings. The fraction of sp³-hybridized carbons (Fsp3) is 0.474. The molecule has 0 unspecified atom stereocenters. The first-order chi connectivity index (χ1) is 12.1. The fourth-order valence-corrected chi connectivity index (χ4v) is 4.17. The number of likely N-dealkylation sites (tertiary alicyclic amines) is 1. The molecular weight excluding hydrogens is 336 g/mol. The molecule has 1 aromatic carbocycles. The Balaban J connectivity index is 1.71. The van der Waals surface area contributed by atoms with E-state index in [1.165, 1.54) is 4.88 Å². The number of thiazole rings is 1. The van der Waals surface area contributed by atoms with Crippen molar-refractivity contribution < 1.29 is 14.3 Å². The van der Waals surface area contributed by atoms with E-state index in [9.17, 15) is 4.79 Å². The van der Waals surface area contributed by atoms with Crippen molar-refractivity contribution in [1.82, 2.24) is 9.88 Å². The summed E-state index contributed by atoms with van der Waals surface area (Å²) < 4.78 is 10.6. The Morgan fingerprint density at radius 1 is 1.36 bits per heavy atom. The minimum atomic E-state index is 0.00469. The van der Waals surface area contributed by atoms with Crippen molar-refractivity contribution in [3.8, 4) is 11.5 Å².